The summed E-state index contributed by atoms with van der Waals surface area (Å²) in [6.45, 7) is 5.53. The summed E-state index contributed by atoms with van der Waals surface area (Å²) >= 11 is 1.50. The molecule has 4 rings (SSSR count). The van der Waals surface area contributed by atoms with Crippen LogP contribution >= 0.6 is 11.8 Å². The van der Waals surface area contributed by atoms with Gasteiger partial charge in [-0.1, -0.05) is 25.1 Å². The van der Waals surface area contributed by atoms with Gasteiger partial charge in [0, 0.05) is 40.6 Å². The van der Waals surface area contributed by atoms with Crippen LogP contribution in [0.4, 0.5) is 5.69 Å². The molecule has 36 heavy (non-hydrogen) atoms. The maximum Gasteiger partial charge on any atom is 0.310 e. The van der Waals surface area contributed by atoms with Crippen LogP contribution in [0.2, 0.25) is 0 Å². The summed E-state index contributed by atoms with van der Waals surface area (Å²) < 4.78 is 11.1. The first-order valence-electron chi connectivity index (χ1n) is 11.9. The number of nitrogens with one attached hydrogen (secondary N) is 2. The van der Waals surface area contributed by atoms with E-state index < -0.39 is 0 Å². The lowest BCUT2D eigenvalue weighted by Crippen LogP contribution is -2.07. The van der Waals surface area contributed by atoms with Crippen molar-refractivity contribution in [2.75, 3.05) is 18.5 Å². The third-order valence-electron chi connectivity index (χ3n) is 5.23. The van der Waals surface area contributed by atoms with Crippen LogP contribution in [0.15, 0.2) is 77.0 Å². The zero-order chi connectivity index (χ0) is 25.2. The Morgan fingerprint density at radius 3 is 2.58 bits per heavy atom. The molecule has 0 bridgehead atoms. The second-order valence-corrected chi connectivity index (χ2v) is 9.03. The normalized spacial score (nSPS) is 10.7. The molecule has 8 nitrogen and oxygen atoms in total. The molecule has 4 aromatic rings. The number of rotatable bonds is 12. The number of benzene rings is 2. The fourth-order valence-electron chi connectivity index (χ4n) is 3.45. The van der Waals surface area contributed by atoms with Crippen molar-refractivity contribution in [1.82, 2.24) is 20.2 Å². The lowest BCUT2D eigenvalue weighted by molar-refractivity contribution is -0.142. The van der Waals surface area contributed by atoms with E-state index in [1.54, 1.807) is 12.4 Å². The second kappa shape index (κ2) is 12.7. The Kier molecular flexibility index (Phi) is 8.93. The molecule has 0 aliphatic heterocycles. The molecule has 0 saturated carbocycles. The smallest absolute Gasteiger partial charge is 0.310 e. The highest BCUT2D eigenvalue weighted by atomic mass is 32.2. The number of hydrogen-bond acceptors (Lipinski definition) is 8. The summed E-state index contributed by atoms with van der Waals surface area (Å²) in [5, 5.41) is 12.7. The Morgan fingerprint density at radius 2 is 1.83 bits per heavy atom. The average Bonchev–Trinajstić information content (AvgIpc) is 3.37. The van der Waals surface area contributed by atoms with Gasteiger partial charge in [-0.3, -0.25) is 9.78 Å². The fourth-order valence-corrected chi connectivity index (χ4v) is 4.21. The Morgan fingerprint density at radius 1 is 1.03 bits per heavy atom. The molecule has 0 unspecified atom stereocenters. The lowest BCUT2D eigenvalue weighted by atomic mass is 10.1. The molecule has 0 aliphatic rings. The van der Waals surface area contributed by atoms with Gasteiger partial charge >= 0.3 is 5.97 Å². The van der Waals surface area contributed by atoms with Gasteiger partial charge in [0.25, 0.3) is 0 Å². The van der Waals surface area contributed by atoms with Gasteiger partial charge in [-0.25, -0.2) is 0 Å². The fraction of sp³-hybridized carbons (Fsp3) is 0.259. The van der Waals surface area contributed by atoms with Gasteiger partial charge in [-0.15, -0.1) is 10.2 Å². The van der Waals surface area contributed by atoms with Crippen LogP contribution in [-0.4, -0.2) is 39.3 Å². The van der Waals surface area contributed by atoms with Crippen molar-refractivity contribution in [2.24, 2.45) is 0 Å². The van der Waals surface area contributed by atoms with Crippen LogP contribution in [0.3, 0.4) is 0 Å². The Bertz CT molecular complexity index is 1260. The molecule has 0 atom stereocenters. The third kappa shape index (κ3) is 7.08. The van der Waals surface area contributed by atoms with E-state index in [0.717, 1.165) is 39.4 Å². The van der Waals surface area contributed by atoms with Gasteiger partial charge in [0.2, 0.25) is 0 Å². The summed E-state index contributed by atoms with van der Waals surface area (Å²) in [5.41, 5.74) is 3.88. The SMILES string of the molecule is CCCOc1cc(Sc2nnc(-c3ccncc3)[nH]2)ccc1CNc1ccc(CC(=O)OCC)cc1. The predicted octanol–water partition coefficient (Wildman–Crippen LogP) is 5.52. The van der Waals surface area contributed by atoms with E-state index in [0.29, 0.717) is 30.7 Å². The zero-order valence-electron chi connectivity index (χ0n) is 20.4. The van der Waals surface area contributed by atoms with E-state index in [9.17, 15) is 4.79 Å². The van der Waals surface area contributed by atoms with E-state index in [2.05, 4.69) is 44.5 Å². The Labute approximate surface area is 214 Å². The number of nitrogens with zero attached hydrogens (tertiary/aromatic N) is 3. The van der Waals surface area contributed by atoms with Crippen LogP contribution in [0.5, 0.6) is 5.75 Å². The molecule has 0 amide bonds. The van der Waals surface area contributed by atoms with Crippen LogP contribution in [-0.2, 0) is 22.5 Å². The monoisotopic (exact) mass is 503 g/mol. The highest BCUT2D eigenvalue weighted by molar-refractivity contribution is 7.99. The molecule has 0 aliphatic carbocycles. The molecule has 2 heterocycles. The number of ether oxygens (including phenoxy) is 2. The minimum absolute atomic E-state index is 0.215. The topological polar surface area (TPSA) is 102 Å². The number of H-pyrrole nitrogens is 1. The van der Waals surface area contributed by atoms with Crippen molar-refractivity contribution >= 4 is 23.4 Å². The summed E-state index contributed by atoms with van der Waals surface area (Å²) in [4.78, 5) is 20.0. The first-order chi connectivity index (χ1) is 17.6. The number of carbonyl (C=O) groups excluding carboxylic acids is 1. The van der Waals surface area contributed by atoms with Crippen molar-refractivity contribution in [3.8, 4) is 17.1 Å². The highest BCUT2D eigenvalue weighted by Crippen LogP contribution is 2.31. The molecule has 0 saturated heterocycles. The number of carbonyl (C=O) groups is 1. The standard InChI is InChI=1S/C27H29N5O3S/c1-3-15-35-24-17-23(36-27-30-26(31-32-27)20-11-13-28-14-12-20)10-7-21(24)18-29-22-8-5-19(6-9-22)16-25(33)34-4-2/h5-14,17,29H,3-4,15-16,18H2,1-2H3,(H,30,31,32). The number of aromatic amines is 1. The Balaban J connectivity index is 1.41. The van der Waals surface area contributed by atoms with E-state index in [1.807, 2.05) is 49.4 Å². The average molecular weight is 504 g/mol. The lowest BCUT2D eigenvalue weighted by Gasteiger charge is -2.14. The molecule has 2 aromatic carbocycles. The molecular weight excluding hydrogens is 474 g/mol. The molecule has 186 valence electrons. The second-order valence-electron chi connectivity index (χ2n) is 7.97. The molecule has 2 N–H and O–H groups in total. The number of aromatic nitrogens is 4. The van der Waals surface area contributed by atoms with Gasteiger partial charge in [0.15, 0.2) is 11.0 Å². The van der Waals surface area contributed by atoms with Crippen molar-refractivity contribution in [2.45, 2.75) is 43.3 Å². The van der Waals surface area contributed by atoms with Crippen LogP contribution in [0.1, 0.15) is 31.4 Å². The van der Waals surface area contributed by atoms with E-state index in [4.69, 9.17) is 9.47 Å². The van der Waals surface area contributed by atoms with Crippen molar-refractivity contribution in [3.63, 3.8) is 0 Å². The van der Waals surface area contributed by atoms with Crippen LogP contribution in [0, 0.1) is 0 Å². The minimum Gasteiger partial charge on any atom is -0.493 e. The summed E-state index contributed by atoms with van der Waals surface area (Å²) in [6, 6.07) is 17.7. The first-order valence-corrected chi connectivity index (χ1v) is 12.7. The molecule has 2 aromatic heterocycles. The molecule has 9 heteroatoms. The van der Waals surface area contributed by atoms with E-state index in [-0.39, 0.29) is 12.4 Å². The van der Waals surface area contributed by atoms with E-state index >= 15 is 0 Å². The summed E-state index contributed by atoms with van der Waals surface area (Å²) in [5.74, 6) is 1.33. The zero-order valence-corrected chi connectivity index (χ0v) is 21.2. The van der Waals surface area contributed by atoms with Crippen LogP contribution in [0.25, 0.3) is 11.4 Å². The number of esters is 1. The highest BCUT2D eigenvalue weighted by Gasteiger charge is 2.11. The van der Waals surface area contributed by atoms with Crippen LogP contribution < -0.4 is 10.1 Å². The number of hydrogen-bond donors (Lipinski definition) is 2. The maximum atomic E-state index is 11.7. The van der Waals surface area contributed by atoms with Gasteiger partial charge in [-0.05, 0) is 67.1 Å². The maximum absolute atomic E-state index is 11.7. The first kappa shape index (κ1) is 25.2. The largest absolute Gasteiger partial charge is 0.493 e. The van der Waals surface area contributed by atoms with Crippen molar-refractivity contribution in [1.29, 1.82) is 0 Å². The third-order valence-corrected chi connectivity index (χ3v) is 6.09. The molecule has 0 fully saturated rings. The van der Waals surface area contributed by atoms with Crippen molar-refractivity contribution < 1.29 is 14.3 Å². The van der Waals surface area contributed by atoms with Gasteiger partial charge < -0.3 is 19.8 Å². The number of anilines is 1. The predicted molar refractivity (Wildman–Crippen MR) is 140 cm³/mol. The number of pyridine rings is 1. The van der Waals surface area contributed by atoms with Gasteiger partial charge in [0.1, 0.15) is 5.75 Å². The summed E-state index contributed by atoms with van der Waals surface area (Å²) in [7, 11) is 0. The summed E-state index contributed by atoms with van der Waals surface area (Å²) in [6.07, 6.45) is 4.65. The van der Waals surface area contributed by atoms with Crippen molar-refractivity contribution in [3.05, 3.63) is 78.1 Å². The quantitative estimate of drug-likeness (QED) is 0.244. The van der Waals surface area contributed by atoms with Gasteiger partial charge in [0.05, 0.1) is 19.6 Å². The molecule has 0 spiro atoms. The molecular formula is C27H29N5O3S. The molecule has 0 radical (unpaired) electrons. The Hall–Kier alpha value is -3.85. The minimum atomic E-state index is -0.215. The van der Waals surface area contributed by atoms with E-state index in [1.165, 1.54) is 11.8 Å². The van der Waals surface area contributed by atoms with Gasteiger partial charge in [-0.2, -0.15) is 0 Å².